The first-order chi connectivity index (χ1) is 10.7. The van der Waals surface area contributed by atoms with Crippen LogP contribution in [-0.4, -0.2) is 24.7 Å². The lowest BCUT2D eigenvalue weighted by Gasteiger charge is -2.20. The molecule has 1 aromatic carbocycles. The molecule has 2 aliphatic rings. The number of amides is 1. The van der Waals surface area contributed by atoms with E-state index in [1.807, 2.05) is 37.3 Å². The zero-order valence-electron chi connectivity index (χ0n) is 12.8. The number of allylic oxidation sites excluding steroid dienone is 5. The maximum absolute atomic E-state index is 12.1. The SMILES string of the molecule is CC1=CC2=NC(=O)C(CNCCc3ccccc3)=CC2C=C1. The molecular weight excluding hydrogens is 272 g/mol. The zero-order valence-corrected chi connectivity index (χ0v) is 12.8. The van der Waals surface area contributed by atoms with Crippen LogP contribution >= 0.6 is 0 Å². The van der Waals surface area contributed by atoms with E-state index in [1.54, 1.807) is 0 Å². The molecule has 1 aliphatic heterocycles. The molecule has 3 nitrogen and oxygen atoms in total. The summed E-state index contributed by atoms with van der Waals surface area (Å²) in [6, 6.07) is 10.3. The van der Waals surface area contributed by atoms with E-state index in [0.29, 0.717) is 6.54 Å². The Morgan fingerprint density at radius 1 is 1.23 bits per heavy atom. The van der Waals surface area contributed by atoms with Crippen LogP contribution in [0.3, 0.4) is 0 Å². The molecule has 0 saturated carbocycles. The van der Waals surface area contributed by atoms with Crippen molar-refractivity contribution >= 4 is 11.6 Å². The van der Waals surface area contributed by atoms with Crippen LogP contribution in [0.25, 0.3) is 0 Å². The van der Waals surface area contributed by atoms with Crippen molar-refractivity contribution in [1.82, 2.24) is 5.32 Å². The van der Waals surface area contributed by atoms with Crippen molar-refractivity contribution in [3.05, 3.63) is 71.3 Å². The van der Waals surface area contributed by atoms with Gasteiger partial charge in [-0.2, -0.15) is 0 Å². The number of carbonyl (C=O) groups excluding carboxylic acids is 1. The number of benzene rings is 1. The summed E-state index contributed by atoms with van der Waals surface area (Å²) in [5.41, 5.74) is 4.06. The van der Waals surface area contributed by atoms with Crippen LogP contribution in [0.5, 0.6) is 0 Å². The molecule has 22 heavy (non-hydrogen) atoms. The normalized spacial score (nSPS) is 20.1. The number of hydrogen-bond acceptors (Lipinski definition) is 2. The number of dihydropyridines is 1. The first-order valence-corrected chi connectivity index (χ1v) is 7.67. The van der Waals surface area contributed by atoms with Crippen LogP contribution in [0.4, 0.5) is 0 Å². The number of nitrogens with one attached hydrogen (secondary N) is 1. The molecule has 3 heteroatoms. The molecule has 1 heterocycles. The Kier molecular flexibility index (Phi) is 4.45. The molecule has 1 aliphatic carbocycles. The highest BCUT2D eigenvalue weighted by Gasteiger charge is 2.22. The van der Waals surface area contributed by atoms with Crippen LogP contribution in [-0.2, 0) is 11.2 Å². The molecule has 1 N–H and O–H groups in total. The highest BCUT2D eigenvalue weighted by molar-refractivity contribution is 6.13. The number of nitrogens with zero attached hydrogens (tertiary/aromatic N) is 1. The van der Waals surface area contributed by atoms with E-state index in [9.17, 15) is 4.79 Å². The lowest BCUT2D eigenvalue weighted by atomic mass is 9.90. The molecule has 3 rings (SSSR count). The number of hydrogen-bond donors (Lipinski definition) is 1. The van der Waals surface area contributed by atoms with E-state index in [1.165, 1.54) is 5.56 Å². The van der Waals surface area contributed by atoms with Gasteiger partial charge in [0, 0.05) is 18.0 Å². The Balaban J connectivity index is 1.53. The van der Waals surface area contributed by atoms with Gasteiger partial charge in [0.15, 0.2) is 0 Å². The maximum Gasteiger partial charge on any atom is 0.274 e. The third-order valence-electron chi connectivity index (χ3n) is 3.92. The number of rotatable bonds is 5. The van der Waals surface area contributed by atoms with E-state index >= 15 is 0 Å². The van der Waals surface area contributed by atoms with Gasteiger partial charge < -0.3 is 5.32 Å². The first kappa shape index (κ1) is 14.7. The highest BCUT2D eigenvalue weighted by Crippen LogP contribution is 2.21. The third-order valence-corrected chi connectivity index (χ3v) is 3.92. The monoisotopic (exact) mass is 292 g/mol. The summed E-state index contributed by atoms with van der Waals surface area (Å²) < 4.78 is 0. The van der Waals surface area contributed by atoms with E-state index in [0.717, 1.165) is 29.8 Å². The summed E-state index contributed by atoms with van der Waals surface area (Å²) in [5.74, 6) is 0.0325. The number of aliphatic imine (C=N–C) groups is 1. The molecule has 0 bridgehead atoms. The molecule has 112 valence electrons. The van der Waals surface area contributed by atoms with Gasteiger partial charge in [0.25, 0.3) is 5.91 Å². The van der Waals surface area contributed by atoms with E-state index in [4.69, 9.17) is 0 Å². The summed E-state index contributed by atoms with van der Waals surface area (Å²) in [4.78, 5) is 16.3. The van der Waals surface area contributed by atoms with Crippen LogP contribution < -0.4 is 5.32 Å². The minimum absolute atomic E-state index is 0.113. The Morgan fingerprint density at radius 2 is 2.05 bits per heavy atom. The van der Waals surface area contributed by atoms with Gasteiger partial charge in [-0.05, 0) is 37.1 Å². The van der Waals surface area contributed by atoms with Crippen molar-refractivity contribution in [2.75, 3.05) is 13.1 Å². The van der Waals surface area contributed by atoms with Gasteiger partial charge in [0.2, 0.25) is 0 Å². The minimum atomic E-state index is -0.113. The highest BCUT2D eigenvalue weighted by atomic mass is 16.1. The van der Waals surface area contributed by atoms with Crippen LogP contribution in [0, 0.1) is 5.92 Å². The molecule has 0 radical (unpaired) electrons. The van der Waals surface area contributed by atoms with Gasteiger partial charge in [-0.15, -0.1) is 0 Å². The molecule has 0 saturated heterocycles. The van der Waals surface area contributed by atoms with Crippen LogP contribution in [0.2, 0.25) is 0 Å². The van der Waals surface area contributed by atoms with Crippen LogP contribution in [0.1, 0.15) is 12.5 Å². The topological polar surface area (TPSA) is 41.5 Å². The Hall–Kier alpha value is -2.26. The molecule has 1 aromatic rings. The van der Waals surface area contributed by atoms with Crippen LogP contribution in [0.15, 0.2) is 70.8 Å². The smallest absolute Gasteiger partial charge is 0.274 e. The fraction of sp³-hybridized carbons (Fsp3) is 0.263. The summed E-state index contributed by atoms with van der Waals surface area (Å²) in [7, 11) is 0. The van der Waals surface area contributed by atoms with Crippen molar-refractivity contribution in [1.29, 1.82) is 0 Å². The van der Waals surface area contributed by atoms with Gasteiger partial charge in [0.1, 0.15) is 0 Å². The van der Waals surface area contributed by atoms with E-state index < -0.39 is 0 Å². The fourth-order valence-electron chi connectivity index (χ4n) is 2.69. The molecule has 0 fully saturated rings. The number of fused-ring (bicyclic) bond motifs is 1. The average Bonchev–Trinajstić information content (AvgIpc) is 2.53. The predicted octanol–water partition coefficient (Wildman–Crippen LogP) is 2.86. The molecule has 0 aromatic heterocycles. The Labute approximate surface area is 131 Å². The standard InChI is InChI=1S/C19H20N2O/c1-14-7-8-16-12-17(19(22)21-18(16)11-14)13-20-10-9-15-5-3-2-4-6-15/h2-8,11-12,16,20H,9-10,13H2,1H3. The van der Waals surface area contributed by atoms with Crippen molar-refractivity contribution < 1.29 is 4.79 Å². The van der Waals surface area contributed by atoms with Gasteiger partial charge in [-0.25, -0.2) is 4.99 Å². The molecule has 1 amide bonds. The summed E-state index contributed by atoms with van der Waals surface area (Å²) in [6.45, 7) is 3.45. The molecule has 0 spiro atoms. The van der Waals surface area contributed by atoms with Crippen molar-refractivity contribution in [3.8, 4) is 0 Å². The Bertz CT molecular complexity index is 681. The lowest BCUT2D eigenvalue weighted by Crippen LogP contribution is -2.27. The van der Waals surface area contributed by atoms with Gasteiger partial charge in [-0.1, -0.05) is 48.6 Å². The average molecular weight is 292 g/mol. The second-order valence-corrected chi connectivity index (χ2v) is 5.72. The second kappa shape index (κ2) is 6.67. The van der Waals surface area contributed by atoms with Gasteiger partial charge >= 0.3 is 0 Å². The molecule has 1 unspecified atom stereocenters. The van der Waals surface area contributed by atoms with Crippen molar-refractivity contribution in [3.63, 3.8) is 0 Å². The van der Waals surface area contributed by atoms with Gasteiger partial charge in [0.05, 0.1) is 5.71 Å². The van der Waals surface area contributed by atoms with E-state index in [2.05, 4.69) is 34.6 Å². The predicted molar refractivity (Wildman–Crippen MR) is 89.9 cm³/mol. The molecular formula is C19H20N2O. The molecule has 1 atom stereocenters. The fourth-order valence-corrected chi connectivity index (χ4v) is 2.69. The lowest BCUT2D eigenvalue weighted by molar-refractivity contribution is -0.114. The summed E-state index contributed by atoms with van der Waals surface area (Å²) in [6.07, 6.45) is 9.15. The maximum atomic E-state index is 12.1. The van der Waals surface area contributed by atoms with Gasteiger partial charge in [-0.3, -0.25) is 4.79 Å². The summed E-state index contributed by atoms with van der Waals surface area (Å²) in [5, 5.41) is 3.34. The van der Waals surface area contributed by atoms with Crippen molar-refractivity contribution in [2.45, 2.75) is 13.3 Å². The minimum Gasteiger partial charge on any atom is -0.312 e. The van der Waals surface area contributed by atoms with Crippen molar-refractivity contribution in [2.24, 2.45) is 10.9 Å². The quantitative estimate of drug-likeness (QED) is 0.848. The number of carbonyl (C=O) groups is 1. The zero-order chi connectivity index (χ0) is 15.4. The first-order valence-electron chi connectivity index (χ1n) is 7.67. The van der Waals surface area contributed by atoms with E-state index in [-0.39, 0.29) is 11.8 Å². The largest absolute Gasteiger partial charge is 0.312 e. The summed E-state index contributed by atoms with van der Waals surface area (Å²) >= 11 is 0. The second-order valence-electron chi connectivity index (χ2n) is 5.72. The third kappa shape index (κ3) is 3.49. The Morgan fingerprint density at radius 3 is 2.86 bits per heavy atom.